The van der Waals surface area contributed by atoms with Gasteiger partial charge in [-0.25, -0.2) is 8.78 Å². The van der Waals surface area contributed by atoms with Gasteiger partial charge >= 0.3 is 5.97 Å². The maximum Gasteiger partial charge on any atom is 0.304 e. The predicted molar refractivity (Wildman–Crippen MR) is 62.8 cm³/mol. The normalized spacial score (nSPS) is 20.8. The molecule has 0 heterocycles. The van der Waals surface area contributed by atoms with Crippen LogP contribution in [0.5, 0.6) is 0 Å². The molecule has 19 heavy (non-hydrogen) atoms. The van der Waals surface area contributed by atoms with Crippen LogP contribution in [0.3, 0.4) is 0 Å². The second-order valence-electron chi connectivity index (χ2n) is 5.01. The maximum absolute atomic E-state index is 13.0. The Balaban J connectivity index is 2.59. The summed E-state index contributed by atoms with van der Waals surface area (Å²) in [5.41, 5.74) is 0. The molecular formula is C12H19F2NO4. The molecule has 0 saturated heterocycles. The van der Waals surface area contributed by atoms with Crippen LogP contribution in [0, 0.1) is 5.92 Å². The highest BCUT2D eigenvalue weighted by atomic mass is 19.3. The van der Waals surface area contributed by atoms with E-state index in [0.29, 0.717) is 0 Å². The van der Waals surface area contributed by atoms with Crippen LogP contribution in [0.1, 0.15) is 32.1 Å². The molecule has 2 N–H and O–H groups in total. The summed E-state index contributed by atoms with van der Waals surface area (Å²) >= 11 is 0. The van der Waals surface area contributed by atoms with Crippen LogP contribution >= 0.6 is 0 Å². The fourth-order valence-corrected chi connectivity index (χ4v) is 2.32. The number of hydrogen-bond acceptors (Lipinski definition) is 3. The first kappa shape index (κ1) is 15.8. The molecule has 1 amide bonds. The molecule has 0 bridgehead atoms. The highest BCUT2D eigenvalue weighted by Gasteiger charge is 2.38. The quantitative estimate of drug-likeness (QED) is 0.790. The Kier molecular flexibility index (Phi) is 5.22. The van der Waals surface area contributed by atoms with Gasteiger partial charge in [-0.15, -0.1) is 0 Å². The monoisotopic (exact) mass is 279 g/mol. The molecule has 0 radical (unpaired) electrons. The molecule has 0 aromatic carbocycles. The molecule has 1 fully saturated rings. The molecule has 1 saturated carbocycles. The van der Waals surface area contributed by atoms with Crippen LogP contribution in [-0.4, -0.2) is 52.6 Å². The second-order valence-corrected chi connectivity index (χ2v) is 5.01. The molecule has 0 aromatic heterocycles. The van der Waals surface area contributed by atoms with Crippen LogP contribution in [0.25, 0.3) is 0 Å². The minimum atomic E-state index is -2.67. The molecular weight excluding hydrogens is 260 g/mol. The van der Waals surface area contributed by atoms with E-state index in [4.69, 9.17) is 10.2 Å². The van der Waals surface area contributed by atoms with Crippen molar-refractivity contribution in [1.29, 1.82) is 0 Å². The average molecular weight is 279 g/mol. The number of nitrogens with zero attached hydrogens (tertiary/aromatic N) is 1. The Morgan fingerprint density at radius 3 is 2.32 bits per heavy atom. The summed E-state index contributed by atoms with van der Waals surface area (Å²) in [5.74, 6) is -5.35. The Hall–Kier alpha value is -1.24. The topological polar surface area (TPSA) is 77.8 Å². The van der Waals surface area contributed by atoms with E-state index in [9.17, 15) is 18.4 Å². The smallest absolute Gasteiger partial charge is 0.304 e. The zero-order chi connectivity index (χ0) is 14.6. The van der Waals surface area contributed by atoms with Gasteiger partial charge < -0.3 is 15.1 Å². The van der Waals surface area contributed by atoms with Gasteiger partial charge in [-0.05, 0) is 12.8 Å². The average Bonchev–Trinajstić information content (AvgIpc) is 2.34. The number of halogens is 2. The van der Waals surface area contributed by atoms with Crippen molar-refractivity contribution in [1.82, 2.24) is 4.90 Å². The van der Waals surface area contributed by atoms with Crippen molar-refractivity contribution in [3.05, 3.63) is 0 Å². The van der Waals surface area contributed by atoms with E-state index in [0.717, 1.165) is 0 Å². The highest BCUT2D eigenvalue weighted by Crippen LogP contribution is 2.35. The van der Waals surface area contributed by atoms with Crippen molar-refractivity contribution in [3.63, 3.8) is 0 Å². The van der Waals surface area contributed by atoms with Crippen LogP contribution in [0.2, 0.25) is 0 Å². The van der Waals surface area contributed by atoms with E-state index >= 15 is 0 Å². The molecule has 110 valence electrons. The first-order valence-electron chi connectivity index (χ1n) is 6.24. The number of rotatable bonds is 5. The van der Waals surface area contributed by atoms with Crippen molar-refractivity contribution in [3.8, 4) is 0 Å². The van der Waals surface area contributed by atoms with Gasteiger partial charge in [-0.1, -0.05) is 0 Å². The van der Waals surface area contributed by atoms with Crippen LogP contribution in [0.15, 0.2) is 0 Å². The zero-order valence-electron chi connectivity index (χ0n) is 10.8. The predicted octanol–water partition coefficient (Wildman–Crippen LogP) is 1.11. The van der Waals surface area contributed by atoms with E-state index in [1.54, 1.807) is 0 Å². The maximum atomic E-state index is 13.0. The summed E-state index contributed by atoms with van der Waals surface area (Å²) in [7, 11) is 1.47. The van der Waals surface area contributed by atoms with Crippen LogP contribution in [-0.2, 0) is 9.59 Å². The van der Waals surface area contributed by atoms with Gasteiger partial charge in [0.05, 0.1) is 18.9 Å². The number of carbonyl (C=O) groups excluding carboxylic acids is 1. The number of aliphatic carboxylic acids is 1. The molecule has 0 aromatic rings. The molecule has 0 spiro atoms. The lowest BCUT2D eigenvalue weighted by Gasteiger charge is -2.35. The summed E-state index contributed by atoms with van der Waals surface area (Å²) in [4.78, 5) is 23.9. The lowest BCUT2D eigenvalue weighted by molar-refractivity contribution is -0.147. The minimum absolute atomic E-state index is 0.195. The third-order valence-electron chi connectivity index (χ3n) is 3.57. The number of carbonyl (C=O) groups is 2. The molecule has 0 aliphatic heterocycles. The van der Waals surface area contributed by atoms with Crippen molar-refractivity contribution >= 4 is 11.9 Å². The van der Waals surface area contributed by atoms with Gasteiger partial charge in [-0.2, -0.15) is 0 Å². The van der Waals surface area contributed by atoms with Gasteiger partial charge in [0.1, 0.15) is 0 Å². The third kappa shape index (κ3) is 4.41. The molecule has 1 aliphatic carbocycles. The molecule has 7 heteroatoms. The fourth-order valence-electron chi connectivity index (χ4n) is 2.32. The van der Waals surface area contributed by atoms with Gasteiger partial charge in [0.25, 0.3) is 0 Å². The number of alkyl halides is 2. The van der Waals surface area contributed by atoms with Gasteiger partial charge in [0.15, 0.2) is 0 Å². The summed E-state index contributed by atoms with van der Waals surface area (Å²) in [5, 5.41) is 17.7. The lowest BCUT2D eigenvalue weighted by Crippen LogP contribution is -2.45. The third-order valence-corrected chi connectivity index (χ3v) is 3.57. The number of carboxylic acid groups (broad SMARTS) is 1. The molecule has 1 rings (SSSR count). The minimum Gasteiger partial charge on any atom is -0.481 e. The number of aliphatic hydroxyl groups excluding tert-OH is 1. The molecule has 5 nitrogen and oxygen atoms in total. The zero-order valence-corrected chi connectivity index (χ0v) is 10.8. The Morgan fingerprint density at radius 2 is 1.89 bits per heavy atom. The standard InChI is InChI=1S/C12H19F2NO4/c1-15(9-2-4-12(13,14)5-3-9)11(19)8(7-16)6-10(17)18/h8-9,16H,2-7H2,1H3,(H,17,18). The summed E-state index contributed by atoms with van der Waals surface area (Å²) in [6.07, 6.45) is -0.598. The first-order valence-corrected chi connectivity index (χ1v) is 6.24. The summed E-state index contributed by atoms with van der Waals surface area (Å²) in [6.45, 7) is -0.557. The van der Waals surface area contributed by atoms with Gasteiger partial charge in [-0.3, -0.25) is 9.59 Å². The van der Waals surface area contributed by atoms with Gasteiger partial charge in [0.2, 0.25) is 11.8 Å². The SMILES string of the molecule is CN(C(=O)C(CO)CC(=O)O)C1CCC(F)(F)CC1. The van der Waals surface area contributed by atoms with E-state index in [-0.39, 0.29) is 31.7 Å². The Labute approximate surface area is 110 Å². The summed E-state index contributed by atoms with van der Waals surface area (Å²) in [6, 6.07) is -0.310. The number of hydrogen-bond donors (Lipinski definition) is 2. The number of carboxylic acids is 1. The van der Waals surface area contributed by atoms with E-state index in [1.807, 2.05) is 0 Å². The highest BCUT2D eigenvalue weighted by molar-refractivity contribution is 5.83. The summed E-state index contributed by atoms with van der Waals surface area (Å²) < 4.78 is 26.0. The van der Waals surface area contributed by atoms with E-state index < -0.39 is 36.7 Å². The first-order chi connectivity index (χ1) is 8.76. The Morgan fingerprint density at radius 1 is 1.37 bits per heavy atom. The van der Waals surface area contributed by atoms with Gasteiger partial charge in [0, 0.05) is 25.9 Å². The molecule has 1 unspecified atom stereocenters. The lowest BCUT2D eigenvalue weighted by atomic mass is 9.90. The van der Waals surface area contributed by atoms with Crippen LogP contribution < -0.4 is 0 Å². The van der Waals surface area contributed by atoms with E-state index in [2.05, 4.69) is 0 Å². The van der Waals surface area contributed by atoms with Crippen molar-refractivity contribution in [2.24, 2.45) is 5.92 Å². The van der Waals surface area contributed by atoms with Crippen LogP contribution in [0.4, 0.5) is 8.78 Å². The Bertz CT molecular complexity index is 339. The van der Waals surface area contributed by atoms with Crippen molar-refractivity contribution in [2.75, 3.05) is 13.7 Å². The second kappa shape index (κ2) is 6.27. The molecule has 1 aliphatic rings. The van der Waals surface area contributed by atoms with Crippen molar-refractivity contribution in [2.45, 2.75) is 44.1 Å². The van der Waals surface area contributed by atoms with Crippen molar-refractivity contribution < 1.29 is 28.6 Å². The largest absolute Gasteiger partial charge is 0.481 e. The fraction of sp³-hybridized carbons (Fsp3) is 0.833. The van der Waals surface area contributed by atoms with E-state index in [1.165, 1.54) is 11.9 Å². The number of amides is 1. The number of aliphatic hydroxyl groups is 1. The molecule has 1 atom stereocenters.